The Bertz CT molecular complexity index is 769. The number of carboxylic acid groups (broad SMARTS) is 1. The lowest BCUT2D eigenvalue weighted by Gasteiger charge is -2.39. The highest BCUT2D eigenvalue weighted by Gasteiger charge is 2.44. The van der Waals surface area contributed by atoms with Crippen LogP contribution in [0.2, 0.25) is 0 Å². The first-order valence-corrected chi connectivity index (χ1v) is 8.10. The van der Waals surface area contributed by atoms with Gasteiger partial charge in [-0.25, -0.2) is 0 Å². The summed E-state index contributed by atoms with van der Waals surface area (Å²) in [6, 6.07) is 4.84. The summed E-state index contributed by atoms with van der Waals surface area (Å²) in [4.78, 5) is 10.9. The molecule has 9 heteroatoms. The third-order valence-corrected chi connectivity index (χ3v) is 4.38. The molecule has 0 spiro atoms. The average molecular weight is 368 g/mol. The molecule has 26 heavy (non-hydrogen) atoms. The van der Waals surface area contributed by atoms with Gasteiger partial charge >= 0.3 is 5.97 Å². The summed E-state index contributed by atoms with van der Waals surface area (Å²) in [7, 11) is 0. The van der Waals surface area contributed by atoms with E-state index in [1.807, 2.05) is 0 Å². The molecule has 5 N–H and O–H groups in total. The minimum absolute atomic E-state index is 0.144. The number of rotatable bonds is 6. The molecule has 142 valence electrons. The van der Waals surface area contributed by atoms with Crippen LogP contribution in [0.15, 0.2) is 28.9 Å². The van der Waals surface area contributed by atoms with E-state index in [-0.39, 0.29) is 18.6 Å². The lowest BCUT2D eigenvalue weighted by atomic mass is 9.99. The van der Waals surface area contributed by atoms with E-state index in [9.17, 15) is 25.2 Å². The zero-order valence-electron chi connectivity index (χ0n) is 13.7. The SMILES string of the molecule is O=C(O)CCc1c(OC2OC(CO)C(O)C(O)C2O)ccc2occc12. The van der Waals surface area contributed by atoms with Gasteiger partial charge in [0, 0.05) is 17.4 Å². The van der Waals surface area contributed by atoms with E-state index in [4.69, 9.17) is 19.0 Å². The van der Waals surface area contributed by atoms with Crippen molar-refractivity contribution in [3.63, 3.8) is 0 Å². The first kappa shape index (κ1) is 18.6. The highest BCUT2D eigenvalue weighted by atomic mass is 16.7. The molecule has 0 aliphatic carbocycles. The van der Waals surface area contributed by atoms with Crippen LogP contribution in [0, 0.1) is 0 Å². The number of carboxylic acids is 1. The number of fused-ring (bicyclic) bond motifs is 1. The van der Waals surface area contributed by atoms with Crippen molar-refractivity contribution in [3.05, 3.63) is 30.0 Å². The number of carbonyl (C=O) groups is 1. The smallest absolute Gasteiger partial charge is 0.303 e. The molecule has 2 heterocycles. The molecule has 2 aromatic rings. The van der Waals surface area contributed by atoms with Crippen LogP contribution < -0.4 is 4.74 Å². The van der Waals surface area contributed by atoms with Gasteiger partial charge in [-0.05, 0) is 24.6 Å². The fourth-order valence-electron chi connectivity index (χ4n) is 2.97. The first-order chi connectivity index (χ1) is 12.4. The molecule has 0 saturated carbocycles. The van der Waals surface area contributed by atoms with Crippen LogP contribution in [-0.2, 0) is 16.0 Å². The predicted octanol–water partition coefficient (Wildman–Crippen LogP) is -0.371. The van der Waals surface area contributed by atoms with Crippen molar-refractivity contribution in [2.75, 3.05) is 6.61 Å². The molecule has 0 radical (unpaired) electrons. The van der Waals surface area contributed by atoms with E-state index in [1.54, 1.807) is 18.2 Å². The fraction of sp³-hybridized carbons (Fsp3) is 0.471. The lowest BCUT2D eigenvalue weighted by molar-refractivity contribution is -0.277. The maximum absolute atomic E-state index is 10.9. The van der Waals surface area contributed by atoms with Gasteiger partial charge in [0.15, 0.2) is 0 Å². The Morgan fingerprint density at radius 2 is 1.88 bits per heavy atom. The van der Waals surface area contributed by atoms with Crippen molar-refractivity contribution >= 4 is 16.9 Å². The molecule has 5 unspecified atom stereocenters. The molecule has 1 aromatic heterocycles. The summed E-state index contributed by atoms with van der Waals surface area (Å²) >= 11 is 0. The molecule has 1 aromatic carbocycles. The fourth-order valence-corrected chi connectivity index (χ4v) is 2.97. The topological polar surface area (TPSA) is 150 Å². The number of hydrogen-bond donors (Lipinski definition) is 5. The van der Waals surface area contributed by atoms with Gasteiger partial charge in [0.25, 0.3) is 0 Å². The molecule has 0 amide bonds. The third-order valence-electron chi connectivity index (χ3n) is 4.38. The molecule has 3 rings (SSSR count). The summed E-state index contributed by atoms with van der Waals surface area (Å²) < 4.78 is 16.3. The Hall–Kier alpha value is -2.17. The third kappa shape index (κ3) is 3.53. The number of aryl methyl sites for hydroxylation is 1. The number of aliphatic hydroxyl groups is 4. The molecule has 1 aliphatic heterocycles. The first-order valence-electron chi connectivity index (χ1n) is 8.10. The predicted molar refractivity (Wildman–Crippen MR) is 86.6 cm³/mol. The maximum atomic E-state index is 10.9. The van der Waals surface area contributed by atoms with Crippen molar-refractivity contribution in [3.8, 4) is 5.75 Å². The summed E-state index contributed by atoms with van der Waals surface area (Å²) in [6.07, 6.45) is -5.58. The Morgan fingerprint density at radius 1 is 1.12 bits per heavy atom. The standard InChI is InChI=1S/C17H20O9/c18-7-12-14(21)15(22)16(23)17(26-12)25-11-3-2-10-9(5-6-24-10)8(11)1-4-13(19)20/h2-3,5-6,12,14-18,21-23H,1,4,7H2,(H,19,20). The minimum atomic E-state index is -1.56. The van der Waals surface area contributed by atoms with Crippen LogP contribution in [0.25, 0.3) is 11.0 Å². The van der Waals surface area contributed by atoms with Gasteiger partial charge in [0.2, 0.25) is 6.29 Å². The van der Waals surface area contributed by atoms with E-state index >= 15 is 0 Å². The van der Waals surface area contributed by atoms with E-state index in [0.29, 0.717) is 16.5 Å². The van der Waals surface area contributed by atoms with E-state index < -0.39 is 43.3 Å². The summed E-state index contributed by atoms with van der Waals surface area (Å²) in [6.45, 7) is -0.572. The summed E-state index contributed by atoms with van der Waals surface area (Å²) in [5, 5.41) is 48.7. The molecule has 1 aliphatic rings. The van der Waals surface area contributed by atoms with E-state index in [2.05, 4.69) is 0 Å². The molecule has 5 atom stereocenters. The van der Waals surface area contributed by atoms with Gasteiger partial charge in [0.05, 0.1) is 12.9 Å². The van der Waals surface area contributed by atoms with Gasteiger partial charge < -0.3 is 39.4 Å². The van der Waals surface area contributed by atoms with E-state index in [0.717, 1.165) is 0 Å². The second-order valence-corrected chi connectivity index (χ2v) is 6.08. The Morgan fingerprint density at radius 3 is 2.58 bits per heavy atom. The van der Waals surface area contributed by atoms with Crippen LogP contribution in [0.3, 0.4) is 0 Å². The van der Waals surface area contributed by atoms with Crippen molar-refractivity contribution in [1.29, 1.82) is 0 Å². The molecular weight excluding hydrogens is 348 g/mol. The van der Waals surface area contributed by atoms with Crippen molar-refractivity contribution < 1.29 is 44.2 Å². The molecule has 1 saturated heterocycles. The number of hydrogen-bond acceptors (Lipinski definition) is 8. The summed E-state index contributed by atoms with van der Waals surface area (Å²) in [5.41, 5.74) is 1.10. The lowest BCUT2D eigenvalue weighted by Crippen LogP contribution is -2.60. The number of furan rings is 1. The molecule has 9 nitrogen and oxygen atoms in total. The normalized spacial score (nSPS) is 29.0. The Kier molecular flexibility index (Phi) is 5.44. The van der Waals surface area contributed by atoms with Crippen molar-refractivity contribution in [2.45, 2.75) is 43.5 Å². The zero-order chi connectivity index (χ0) is 18.8. The number of aliphatic carboxylic acids is 1. The van der Waals surface area contributed by atoms with Gasteiger partial charge in [-0.2, -0.15) is 0 Å². The molecule has 1 fully saturated rings. The van der Waals surface area contributed by atoms with Gasteiger partial charge in [-0.15, -0.1) is 0 Å². The largest absolute Gasteiger partial charge is 0.481 e. The van der Waals surface area contributed by atoms with Crippen molar-refractivity contribution in [1.82, 2.24) is 0 Å². The average Bonchev–Trinajstić information content (AvgIpc) is 3.09. The van der Waals surface area contributed by atoms with Crippen LogP contribution >= 0.6 is 0 Å². The van der Waals surface area contributed by atoms with Crippen LogP contribution in [0.4, 0.5) is 0 Å². The van der Waals surface area contributed by atoms with E-state index in [1.165, 1.54) is 6.26 Å². The van der Waals surface area contributed by atoms with Gasteiger partial charge in [-0.1, -0.05) is 0 Å². The Labute approximate surface area is 148 Å². The Balaban J connectivity index is 1.89. The quantitative estimate of drug-likeness (QED) is 0.460. The number of ether oxygens (including phenoxy) is 2. The highest BCUT2D eigenvalue weighted by molar-refractivity contribution is 5.84. The zero-order valence-corrected chi connectivity index (χ0v) is 13.7. The number of aliphatic hydroxyl groups excluding tert-OH is 4. The van der Waals surface area contributed by atoms with Crippen molar-refractivity contribution in [2.24, 2.45) is 0 Å². The van der Waals surface area contributed by atoms with Gasteiger partial charge in [-0.3, -0.25) is 4.79 Å². The number of benzene rings is 1. The second kappa shape index (κ2) is 7.60. The summed E-state index contributed by atoms with van der Waals surface area (Å²) in [5.74, 6) is -0.728. The van der Waals surface area contributed by atoms with Crippen LogP contribution in [-0.4, -0.2) is 68.8 Å². The van der Waals surface area contributed by atoms with Gasteiger partial charge in [0.1, 0.15) is 35.7 Å². The molecule has 0 bridgehead atoms. The second-order valence-electron chi connectivity index (χ2n) is 6.08. The van der Waals surface area contributed by atoms with Crippen LogP contribution in [0.5, 0.6) is 5.75 Å². The molecular formula is C17H20O9. The minimum Gasteiger partial charge on any atom is -0.481 e. The maximum Gasteiger partial charge on any atom is 0.303 e. The highest BCUT2D eigenvalue weighted by Crippen LogP contribution is 2.33. The monoisotopic (exact) mass is 368 g/mol. The van der Waals surface area contributed by atoms with Crippen LogP contribution in [0.1, 0.15) is 12.0 Å².